The Hall–Kier alpha value is -0.810. The molecule has 0 aromatic heterocycles. The molecule has 5 atom stereocenters. The van der Waals surface area contributed by atoms with E-state index in [1.165, 1.54) is 0 Å². The number of hydrogen-bond acceptors (Lipinski definition) is 8. The van der Waals surface area contributed by atoms with Gasteiger partial charge in [0.25, 0.3) is 0 Å². The summed E-state index contributed by atoms with van der Waals surface area (Å²) in [5.74, 6) is -0.120. The second-order valence-electron chi connectivity index (χ2n) is 5.16. The molecule has 1 aliphatic rings. The van der Waals surface area contributed by atoms with Crippen LogP contribution in [0.15, 0.2) is 0 Å². The average Bonchev–Trinajstić information content (AvgIpc) is 2.51. The highest BCUT2D eigenvalue weighted by Gasteiger charge is 2.43. The Morgan fingerprint density at radius 3 is 2.55 bits per heavy atom. The smallest absolute Gasteiger partial charge is 0.220 e. The third-order valence-corrected chi connectivity index (χ3v) is 3.38. The van der Waals surface area contributed by atoms with Gasteiger partial charge in [0.05, 0.1) is 13.2 Å². The zero-order chi connectivity index (χ0) is 16.5. The molecule has 9 heteroatoms. The number of nitrogens with two attached hydrogens (primary N) is 1. The van der Waals surface area contributed by atoms with Gasteiger partial charge >= 0.3 is 0 Å². The Bertz CT molecular complexity index is 330. The predicted molar refractivity (Wildman–Crippen MR) is 75.6 cm³/mol. The van der Waals surface area contributed by atoms with E-state index in [-0.39, 0.29) is 18.9 Å². The highest BCUT2D eigenvalue weighted by molar-refractivity contribution is 5.75. The highest BCUT2D eigenvalue weighted by atomic mass is 16.7. The van der Waals surface area contributed by atoms with Gasteiger partial charge in [0.2, 0.25) is 5.91 Å². The fraction of sp³-hybridized carbons (Fsp3) is 0.923. The summed E-state index contributed by atoms with van der Waals surface area (Å²) in [5.41, 5.74) is 5.31. The molecule has 0 aliphatic carbocycles. The number of amides is 1. The number of hydrogen-bond donors (Lipinski definition) is 6. The number of carbonyl (C=O) groups excluding carboxylic acids is 1. The standard InChI is InChI=1S/C13H26N2O7/c14-4-2-5-15-9(17)3-1-6-21-13-12(20)11(19)10(18)8(7-16)22-13/h8,10-13,16,18-20H,1-7,14H2,(H,15,17)/t8?,10-,11+,12?,13-/m1/s1. The van der Waals surface area contributed by atoms with E-state index in [4.69, 9.17) is 20.3 Å². The van der Waals surface area contributed by atoms with E-state index in [2.05, 4.69) is 5.32 Å². The van der Waals surface area contributed by atoms with Gasteiger partial charge in [-0.15, -0.1) is 0 Å². The Morgan fingerprint density at radius 1 is 1.18 bits per heavy atom. The van der Waals surface area contributed by atoms with E-state index in [1.54, 1.807) is 0 Å². The van der Waals surface area contributed by atoms with Crippen LogP contribution >= 0.6 is 0 Å². The zero-order valence-corrected chi connectivity index (χ0v) is 12.4. The Kier molecular flexibility index (Phi) is 8.79. The Balaban J connectivity index is 2.24. The summed E-state index contributed by atoms with van der Waals surface area (Å²) >= 11 is 0. The first-order valence-electron chi connectivity index (χ1n) is 7.40. The first-order valence-corrected chi connectivity index (χ1v) is 7.40. The van der Waals surface area contributed by atoms with Gasteiger partial charge in [-0.25, -0.2) is 0 Å². The number of rotatable bonds is 9. The van der Waals surface area contributed by atoms with Crippen LogP contribution in [0.4, 0.5) is 0 Å². The number of aliphatic hydroxyl groups excluding tert-OH is 4. The van der Waals surface area contributed by atoms with Crippen molar-refractivity contribution in [3.8, 4) is 0 Å². The second kappa shape index (κ2) is 10.1. The molecule has 130 valence electrons. The molecule has 1 heterocycles. The number of nitrogens with one attached hydrogen (secondary N) is 1. The topological polar surface area (TPSA) is 154 Å². The van der Waals surface area contributed by atoms with Crippen molar-refractivity contribution in [1.82, 2.24) is 5.32 Å². The monoisotopic (exact) mass is 322 g/mol. The van der Waals surface area contributed by atoms with Gasteiger partial charge in [-0.3, -0.25) is 4.79 Å². The average molecular weight is 322 g/mol. The molecular formula is C13H26N2O7. The molecule has 1 saturated heterocycles. The lowest BCUT2D eigenvalue weighted by molar-refractivity contribution is -0.301. The Morgan fingerprint density at radius 2 is 1.91 bits per heavy atom. The lowest BCUT2D eigenvalue weighted by atomic mass is 9.99. The van der Waals surface area contributed by atoms with E-state index in [9.17, 15) is 20.1 Å². The van der Waals surface area contributed by atoms with Crippen molar-refractivity contribution in [3.05, 3.63) is 0 Å². The van der Waals surface area contributed by atoms with Crippen LogP contribution in [0.1, 0.15) is 19.3 Å². The third-order valence-electron chi connectivity index (χ3n) is 3.38. The fourth-order valence-electron chi connectivity index (χ4n) is 2.06. The molecule has 0 spiro atoms. The summed E-state index contributed by atoms with van der Waals surface area (Å²) in [6.45, 7) is 0.671. The van der Waals surface area contributed by atoms with Crippen LogP contribution in [0, 0.1) is 0 Å². The molecule has 0 radical (unpaired) electrons. The van der Waals surface area contributed by atoms with Crippen molar-refractivity contribution in [2.75, 3.05) is 26.3 Å². The molecular weight excluding hydrogens is 296 g/mol. The largest absolute Gasteiger partial charge is 0.394 e. The lowest BCUT2D eigenvalue weighted by Crippen LogP contribution is -2.59. The summed E-state index contributed by atoms with van der Waals surface area (Å²) in [4.78, 5) is 11.4. The summed E-state index contributed by atoms with van der Waals surface area (Å²) in [6, 6.07) is 0. The first-order chi connectivity index (χ1) is 10.5. The van der Waals surface area contributed by atoms with Crippen LogP contribution in [-0.2, 0) is 14.3 Å². The van der Waals surface area contributed by atoms with Crippen molar-refractivity contribution in [2.24, 2.45) is 5.73 Å². The van der Waals surface area contributed by atoms with Crippen LogP contribution in [0.2, 0.25) is 0 Å². The molecule has 22 heavy (non-hydrogen) atoms. The van der Waals surface area contributed by atoms with E-state index in [1.807, 2.05) is 0 Å². The number of aliphatic hydroxyl groups is 4. The number of carbonyl (C=O) groups is 1. The fourth-order valence-corrected chi connectivity index (χ4v) is 2.06. The molecule has 1 rings (SSSR count). The van der Waals surface area contributed by atoms with Crippen molar-refractivity contribution in [2.45, 2.75) is 50.0 Å². The minimum atomic E-state index is -1.46. The van der Waals surface area contributed by atoms with Gasteiger partial charge in [0, 0.05) is 13.0 Å². The van der Waals surface area contributed by atoms with Crippen molar-refractivity contribution >= 4 is 5.91 Å². The van der Waals surface area contributed by atoms with Crippen molar-refractivity contribution in [3.63, 3.8) is 0 Å². The van der Waals surface area contributed by atoms with Crippen LogP contribution in [-0.4, -0.2) is 83.3 Å². The molecule has 0 saturated carbocycles. The van der Waals surface area contributed by atoms with Crippen molar-refractivity contribution in [1.29, 1.82) is 0 Å². The minimum absolute atomic E-state index is 0.120. The molecule has 0 aromatic rings. The Labute approximate surface area is 129 Å². The van der Waals surface area contributed by atoms with Crippen LogP contribution < -0.4 is 11.1 Å². The zero-order valence-electron chi connectivity index (χ0n) is 12.4. The van der Waals surface area contributed by atoms with Gasteiger partial charge in [-0.2, -0.15) is 0 Å². The summed E-state index contributed by atoms with van der Waals surface area (Å²) < 4.78 is 10.4. The maximum absolute atomic E-state index is 11.4. The van der Waals surface area contributed by atoms with E-state index >= 15 is 0 Å². The normalized spacial score (nSPS) is 32.0. The maximum Gasteiger partial charge on any atom is 0.220 e. The van der Waals surface area contributed by atoms with Gasteiger partial charge in [-0.05, 0) is 19.4 Å². The van der Waals surface area contributed by atoms with Crippen LogP contribution in [0.5, 0.6) is 0 Å². The van der Waals surface area contributed by atoms with Crippen molar-refractivity contribution < 1.29 is 34.7 Å². The third kappa shape index (κ3) is 5.76. The number of ether oxygens (including phenoxy) is 2. The summed E-state index contributed by atoms with van der Waals surface area (Å²) in [5, 5.41) is 40.7. The van der Waals surface area contributed by atoms with E-state index in [0.717, 1.165) is 0 Å². The van der Waals surface area contributed by atoms with E-state index < -0.39 is 37.3 Å². The minimum Gasteiger partial charge on any atom is -0.394 e. The lowest BCUT2D eigenvalue weighted by Gasteiger charge is -2.39. The molecule has 0 aromatic carbocycles. The van der Waals surface area contributed by atoms with Gasteiger partial charge in [0.15, 0.2) is 6.29 Å². The molecule has 1 fully saturated rings. The van der Waals surface area contributed by atoms with Gasteiger partial charge in [-0.1, -0.05) is 0 Å². The molecule has 1 amide bonds. The SMILES string of the molecule is NCCCNC(=O)CCCO[C@@H]1OC(CO)[C@@H](O)[C@H](O)C1O. The first kappa shape index (κ1) is 19.2. The summed E-state index contributed by atoms with van der Waals surface area (Å²) in [7, 11) is 0. The van der Waals surface area contributed by atoms with Gasteiger partial charge in [0.1, 0.15) is 24.4 Å². The molecule has 0 bridgehead atoms. The highest BCUT2D eigenvalue weighted by Crippen LogP contribution is 2.22. The molecule has 7 N–H and O–H groups in total. The second-order valence-corrected chi connectivity index (χ2v) is 5.16. The van der Waals surface area contributed by atoms with Gasteiger partial charge < -0.3 is 41.0 Å². The molecule has 2 unspecified atom stereocenters. The molecule has 9 nitrogen and oxygen atoms in total. The quantitative estimate of drug-likeness (QED) is 0.246. The predicted octanol–water partition coefficient (Wildman–Crippen LogP) is -2.95. The molecule has 1 aliphatic heterocycles. The maximum atomic E-state index is 11.4. The summed E-state index contributed by atoms with van der Waals surface area (Å²) in [6.07, 6.45) is -5.07. The van der Waals surface area contributed by atoms with Crippen LogP contribution in [0.3, 0.4) is 0 Å². The van der Waals surface area contributed by atoms with Crippen LogP contribution in [0.25, 0.3) is 0 Å². The van der Waals surface area contributed by atoms with E-state index in [0.29, 0.717) is 25.9 Å².